The van der Waals surface area contributed by atoms with Crippen LogP contribution in [-0.2, 0) is 11.3 Å². The van der Waals surface area contributed by atoms with E-state index in [-0.39, 0.29) is 5.41 Å². The lowest BCUT2D eigenvalue weighted by molar-refractivity contribution is 0.0165. The van der Waals surface area contributed by atoms with Crippen molar-refractivity contribution in [3.63, 3.8) is 0 Å². The van der Waals surface area contributed by atoms with Gasteiger partial charge in [-0.15, -0.1) is 0 Å². The Balaban J connectivity index is 1.66. The molecule has 2 rings (SSSR count). The minimum atomic E-state index is -0.0826. The van der Waals surface area contributed by atoms with Crippen LogP contribution < -0.4 is 0 Å². The van der Waals surface area contributed by atoms with E-state index in [2.05, 4.69) is 18.2 Å². The van der Waals surface area contributed by atoms with Crippen molar-refractivity contribution in [3.8, 4) is 6.07 Å². The van der Waals surface area contributed by atoms with E-state index in [1.165, 1.54) is 5.56 Å². The average Bonchev–Trinajstić information content (AvgIpc) is 2.28. The monoisotopic (exact) mass is 215 g/mol. The van der Waals surface area contributed by atoms with Crippen molar-refractivity contribution >= 4 is 0 Å². The number of benzene rings is 1. The fraction of sp³-hybridized carbons (Fsp3) is 0.500. The summed E-state index contributed by atoms with van der Waals surface area (Å²) >= 11 is 0. The predicted octanol–water partition coefficient (Wildman–Crippen LogP) is 3.14. The molecule has 1 aromatic carbocycles. The highest BCUT2D eigenvalue weighted by Gasteiger charge is 2.40. The summed E-state index contributed by atoms with van der Waals surface area (Å²) in [6, 6.07) is 12.6. The van der Waals surface area contributed by atoms with Gasteiger partial charge in [0.15, 0.2) is 0 Å². The van der Waals surface area contributed by atoms with Gasteiger partial charge >= 0.3 is 0 Å². The molecule has 0 saturated heterocycles. The van der Waals surface area contributed by atoms with Crippen LogP contribution in [0.1, 0.15) is 25.3 Å². The topological polar surface area (TPSA) is 33.0 Å². The first kappa shape index (κ1) is 11.2. The van der Waals surface area contributed by atoms with Crippen LogP contribution in [0, 0.1) is 22.7 Å². The van der Waals surface area contributed by atoms with Crippen molar-refractivity contribution in [2.45, 2.75) is 26.4 Å². The molecule has 1 aliphatic carbocycles. The van der Waals surface area contributed by atoms with Gasteiger partial charge in [0.1, 0.15) is 0 Å². The third kappa shape index (κ3) is 2.62. The molecule has 0 unspecified atom stereocenters. The lowest BCUT2D eigenvalue weighted by atomic mass is 9.64. The lowest BCUT2D eigenvalue weighted by Gasteiger charge is -2.39. The number of ether oxygens (including phenoxy) is 1. The molecule has 0 radical (unpaired) electrons. The Labute approximate surface area is 96.9 Å². The maximum atomic E-state index is 8.88. The second kappa shape index (κ2) is 4.67. The van der Waals surface area contributed by atoms with Crippen molar-refractivity contribution in [3.05, 3.63) is 35.9 Å². The van der Waals surface area contributed by atoms with E-state index in [0.717, 1.165) is 19.4 Å². The van der Waals surface area contributed by atoms with Crippen LogP contribution in [0.4, 0.5) is 0 Å². The lowest BCUT2D eigenvalue weighted by Crippen LogP contribution is -2.35. The normalized spacial score (nSPS) is 28.1. The fourth-order valence-electron chi connectivity index (χ4n) is 2.34. The molecule has 1 fully saturated rings. The van der Waals surface area contributed by atoms with E-state index in [4.69, 9.17) is 10.00 Å². The Morgan fingerprint density at radius 3 is 2.69 bits per heavy atom. The molecular weight excluding hydrogens is 198 g/mol. The van der Waals surface area contributed by atoms with E-state index in [1.54, 1.807) is 0 Å². The standard InChI is InChI=1S/C14H17NO/c1-14(11-15)7-13(8-14)10-16-9-12-5-3-2-4-6-12/h2-6,13H,7-10H2,1H3. The Bertz CT molecular complexity index is 373. The molecule has 0 aliphatic heterocycles. The second-order valence-electron chi connectivity index (χ2n) is 4.95. The van der Waals surface area contributed by atoms with E-state index in [0.29, 0.717) is 12.5 Å². The van der Waals surface area contributed by atoms with Crippen molar-refractivity contribution in [2.24, 2.45) is 11.3 Å². The van der Waals surface area contributed by atoms with Gasteiger partial charge < -0.3 is 4.74 Å². The van der Waals surface area contributed by atoms with Crippen LogP contribution in [0.25, 0.3) is 0 Å². The van der Waals surface area contributed by atoms with Crippen LogP contribution >= 0.6 is 0 Å². The highest BCUT2D eigenvalue weighted by atomic mass is 16.5. The van der Waals surface area contributed by atoms with Gasteiger partial charge in [0.05, 0.1) is 18.1 Å². The average molecular weight is 215 g/mol. The molecule has 84 valence electrons. The Morgan fingerprint density at radius 2 is 2.06 bits per heavy atom. The molecule has 1 aromatic rings. The summed E-state index contributed by atoms with van der Waals surface area (Å²) in [7, 11) is 0. The molecule has 1 saturated carbocycles. The van der Waals surface area contributed by atoms with E-state index in [9.17, 15) is 0 Å². The summed E-state index contributed by atoms with van der Waals surface area (Å²) in [5, 5.41) is 8.88. The SMILES string of the molecule is CC1(C#N)CC(COCc2ccccc2)C1. The number of hydrogen-bond acceptors (Lipinski definition) is 2. The Kier molecular flexibility index (Phi) is 3.26. The first-order chi connectivity index (χ1) is 7.72. The summed E-state index contributed by atoms with van der Waals surface area (Å²) < 4.78 is 5.65. The maximum Gasteiger partial charge on any atom is 0.0717 e. The molecule has 0 heterocycles. The molecule has 0 spiro atoms. The molecule has 16 heavy (non-hydrogen) atoms. The van der Waals surface area contributed by atoms with Crippen molar-refractivity contribution in [1.29, 1.82) is 5.26 Å². The summed E-state index contributed by atoms with van der Waals surface area (Å²) in [6.07, 6.45) is 1.97. The molecule has 2 nitrogen and oxygen atoms in total. The largest absolute Gasteiger partial charge is 0.376 e. The minimum absolute atomic E-state index is 0.0826. The third-order valence-electron chi connectivity index (χ3n) is 3.21. The van der Waals surface area contributed by atoms with Gasteiger partial charge in [-0.1, -0.05) is 30.3 Å². The highest BCUT2D eigenvalue weighted by molar-refractivity contribution is 5.13. The minimum Gasteiger partial charge on any atom is -0.376 e. The quantitative estimate of drug-likeness (QED) is 0.773. The van der Waals surface area contributed by atoms with Crippen molar-refractivity contribution < 1.29 is 4.74 Å². The van der Waals surface area contributed by atoms with Gasteiger partial charge in [-0.2, -0.15) is 5.26 Å². The molecule has 0 atom stereocenters. The zero-order valence-corrected chi connectivity index (χ0v) is 9.65. The number of nitrogens with zero attached hydrogens (tertiary/aromatic N) is 1. The summed E-state index contributed by atoms with van der Waals surface area (Å²) in [6.45, 7) is 3.49. The highest BCUT2D eigenvalue weighted by Crippen LogP contribution is 2.44. The number of rotatable bonds is 4. The number of hydrogen-bond donors (Lipinski definition) is 0. The van der Waals surface area contributed by atoms with E-state index in [1.807, 2.05) is 25.1 Å². The molecule has 2 heteroatoms. The van der Waals surface area contributed by atoms with Crippen molar-refractivity contribution in [1.82, 2.24) is 0 Å². The van der Waals surface area contributed by atoms with E-state index < -0.39 is 0 Å². The summed E-state index contributed by atoms with van der Waals surface area (Å²) in [5.41, 5.74) is 1.13. The van der Waals surface area contributed by atoms with Gasteiger partial charge in [-0.25, -0.2) is 0 Å². The Hall–Kier alpha value is -1.33. The smallest absolute Gasteiger partial charge is 0.0717 e. The van der Waals surface area contributed by atoms with E-state index >= 15 is 0 Å². The predicted molar refractivity (Wildman–Crippen MR) is 62.5 cm³/mol. The van der Waals surface area contributed by atoms with Gasteiger partial charge in [0.2, 0.25) is 0 Å². The first-order valence-corrected chi connectivity index (χ1v) is 5.75. The molecule has 1 aliphatic rings. The summed E-state index contributed by atoms with van der Waals surface area (Å²) in [4.78, 5) is 0. The zero-order chi connectivity index (χ0) is 11.4. The molecule has 0 amide bonds. The van der Waals surface area contributed by atoms with Crippen molar-refractivity contribution in [2.75, 3.05) is 6.61 Å². The van der Waals surface area contributed by atoms with Crippen LogP contribution in [0.5, 0.6) is 0 Å². The second-order valence-corrected chi connectivity index (χ2v) is 4.95. The van der Waals surface area contributed by atoms with Crippen LogP contribution in [-0.4, -0.2) is 6.61 Å². The van der Waals surface area contributed by atoms with Crippen LogP contribution in [0.3, 0.4) is 0 Å². The first-order valence-electron chi connectivity index (χ1n) is 5.75. The molecule has 0 bridgehead atoms. The van der Waals surface area contributed by atoms with Gasteiger partial charge in [0, 0.05) is 6.61 Å². The molecular formula is C14H17NO. The number of nitriles is 1. The summed E-state index contributed by atoms with van der Waals surface area (Å²) in [5.74, 6) is 0.577. The zero-order valence-electron chi connectivity index (χ0n) is 9.65. The van der Waals surface area contributed by atoms with Crippen LogP contribution in [0.2, 0.25) is 0 Å². The molecule has 0 N–H and O–H groups in total. The van der Waals surface area contributed by atoms with Gasteiger partial charge in [-0.3, -0.25) is 0 Å². The maximum absolute atomic E-state index is 8.88. The van der Waals surface area contributed by atoms with Crippen LogP contribution in [0.15, 0.2) is 30.3 Å². The van der Waals surface area contributed by atoms with Gasteiger partial charge in [-0.05, 0) is 31.2 Å². The Morgan fingerprint density at radius 1 is 1.38 bits per heavy atom. The molecule has 0 aromatic heterocycles. The van der Waals surface area contributed by atoms with Gasteiger partial charge in [0.25, 0.3) is 0 Å². The fourth-order valence-corrected chi connectivity index (χ4v) is 2.34. The third-order valence-corrected chi connectivity index (χ3v) is 3.21.